The molecule has 2 fully saturated rings. The lowest BCUT2D eigenvalue weighted by molar-refractivity contribution is -0.196. The standard InChI is InChI=1S/C12H16N6O4/c1-12(2)21-8-6(5-15-17-14)20-10(9(8)22-12)18-4-3-7(13)16-11(18)19/h3-4,6,8-10H,5H2,1-2H3,(H2,13,16,19)/t6-,8-,9-,10-/m1/s1. The fraction of sp³-hybridized carbons (Fsp3) is 0.667. The number of anilines is 1. The molecule has 0 spiro atoms. The number of rotatable bonds is 3. The van der Waals surface area contributed by atoms with E-state index in [9.17, 15) is 4.79 Å². The Morgan fingerprint density at radius 2 is 2.23 bits per heavy atom. The Labute approximate surface area is 125 Å². The van der Waals surface area contributed by atoms with E-state index in [1.54, 1.807) is 13.8 Å². The summed E-state index contributed by atoms with van der Waals surface area (Å²) in [4.78, 5) is 18.4. The number of aromatic nitrogens is 2. The average molecular weight is 308 g/mol. The van der Waals surface area contributed by atoms with Gasteiger partial charge in [0.2, 0.25) is 0 Å². The first kappa shape index (κ1) is 14.8. The van der Waals surface area contributed by atoms with Gasteiger partial charge in [-0.2, -0.15) is 4.98 Å². The van der Waals surface area contributed by atoms with Gasteiger partial charge in [-0.05, 0) is 25.4 Å². The smallest absolute Gasteiger partial charge is 0.351 e. The van der Waals surface area contributed by atoms with Crippen LogP contribution >= 0.6 is 0 Å². The molecule has 1 aromatic rings. The summed E-state index contributed by atoms with van der Waals surface area (Å²) in [5, 5.41) is 3.52. The highest BCUT2D eigenvalue weighted by atomic mass is 16.8. The van der Waals surface area contributed by atoms with E-state index < -0.39 is 36.0 Å². The lowest BCUT2D eigenvalue weighted by Gasteiger charge is -2.24. The molecule has 0 amide bonds. The summed E-state index contributed by atoms with van der Waals surface area (Å²) in [6.45, 7) is 3.64. The first-order valence-corrected chi connectivity index (χ1v) is 6.78. The lowest BCUT2D eigenvalue weighted by atomic mass is 10.1. The summed E-state index contributed by atoms with van der Waals surface area (Å²) < 4.78 is 18.7. The summed E-state index contributed by atoms with van der Waals surface area (Å²) in [5.74, 6) is -0.679. The van der Waals surface area contributed by atoms with E-state index in [4.69, 9.17) is 25.5 Å². The SMILES string of the molecule is CC1(C)O[C@@H]2[C@H](O1)[C@@H](CN=[N+]=[N-])O[C@H]2n1ccc(N)nc1=O. The molecule has 0 aromatic carbocycles. The number of nitrogen functional groups attached to an aromatic ring is 1. The maximum atomic E-state index is 12.0. The molecular weight excluding hydrogens is 292 g/mol. The second kappa shape index (κ2) is 5.25. The molecule has 3 rings (SSSR count). The van der Waals surface area contributed by atoms with Crippen LogP contribution in [-0.4, -0.2) is 40.2 Å². The molecular formula is C12H16N6O4. The molecule has 0 aliphatic carbocycles. The van der Waals surface area contributed by atoms with Gasteiger partial charge in [-0.25, -0.2) is 4.79 Å². The highest BCUT2D eigenvalue weighted by molar-refractivity contribution is 5.23. The Morgan fingerprint density at radius 3 is 2.91 bits per heavy atom. The van der Waals surface area contributed by atoms with Crippen molar-refractivity contribution in [2.45, 2.75) is 44.2 Å². The van der Waals surface area contributed by atoms with Crippen molar-refractivity contribution >= 4 is 5.82 Å². The topological polar surface area (TPSA) is 137 Å². The van der Waals surface area contributed by atoms with Crippen LogP contribution in [0.5, 0.6) is 0 Å². The molecule has 1 aromatic heterocycles. The minimum absolute atomic E-state index is 0.0881. The van der Waals surface area contributed by atoms with E-state index in [1.807, 2.05) is 0 Å². The van der Waals surface area contributed by atoms with Crippen molar-refractivity contribution in [1.29, 1.82) is 0 Å². The second-order valence-corrected chi connectivity index (χ2v) is 5.59. The largest absolute Gasteiger partial charge is 0.383 e. The predicted molar refractivity (Wildman–Crippen MR) is 74.7 cm³/mol. The molecule has 0 saturated carbocycles. The molecule has 3 heterocycles. The maximum Gasteiger partial charge on any atom is 0.351 e. The van der Waals surface area contributed by atoms with Gasteiger partial charge in [0.05, 0.1) is 12.6 Å². The fourth-order valence-electron chi connectivity index (χ4n) is 2.77. The van der Waals surface area contributed by atoms with Crippen LogP contribution in [0.15, 0.2) is 22.2 Å². The first-order valence-electron chi connectivity index (χ1n) is 6.78. The zero-order chi connectivity index (χ0) is 15.9. The third-order valence-electron chi connectivity index (χ3n) is 3.58. The molecule has 0 radical (unpaired) electrons. The Morgan fingerprint density at radius 1 is 1.50 bits per heavy atom. The van der Waals surface area contributed by atoms with E-state index in [2.05, 4.69) is 15.0 Å². The van der Waals surface area contributed by atoms with Gasteiger partial charge >= 0.3 is 5.69 Å². The monoisotopic (exact) mass is 308 g/mol. The lowest BCUT2D eigenvalue weighted by Crippen LogP contribution is -2.35. The van der Waals surface area contributed by atoms with Crippen LogP contribution in [0.2, 0.25) is 0 Å². The van der Waals surface area contributed by atoms with E-state index in [0.717, 1.165) is 0 Å². The van der Waals surface area contributed by atoms with Crippen molar-refractivity contribution in [2.75, 3.05) is 12.3 Å². The molecule has 2 N–H and O–H groups in total. The summed E-state index contributed by atoms with van der Waals surface area (Å²) in [5.41, 5.74) is 13.4. The summed E-state index contributed by atoms with van der Waals surface area (Å²) in [7, 11) is 0. The third kappa shape index (κ3) is 2.53. The summed E-state index contributed by atoms with van der Waals surface area (Å²) >= 11 is 0. The number of hydrogen-bond donors (Lipinski definition) is 1. The van der Waals surface area contributed by atoms with Gasteiger partial charge < -0.3 is 19.9 Å². The van der Waals surface area contributed by atoms with Crippen molar-refractivity contribution < 1.29 is 14.2 Å². The number of ether oxygens (including phenoxy) is 3. The molecule has 0 unspecified atom stereocenters. The van der Waals surface area contributed by atoms with Crippen LogP contribution in [0, 0.1) is 0 Å². The molecule has 4 atom stereocenters. The van der Waals surface area contributed by atoms with E-state index in [1.165, 1.54) is 16.8 Å². The summed E-state index contributed by atoms with van der Waals surface area (Å²) in [6.07, 6.45) is -0.660. The van der Waals surface area contributed by atoms with Gasteiger partial charge in [0, 0.05) is 11.1 Å². The fourth-order valence-corrected chi connectivity index (χ4v) is 2.77. The molecule has 2 aliphatic rings. The average Bonchev–Trinajstić information content (AvgIpc) is 2.91. The third-order valence-corrected chi connectivity index (χ3v) is 3.58. The van der Waals surface area contributed by atoms with E-state index in [0.29, 0.717) is 0 Å². The quantitative estimate of drug-likeness (QED) is 0.491. The predicted octanol–water partition coefficient (Wildman–Crippen LogP) is 0.553. The van der Waals surface area contributed by atoms with Gasteiger partial charge in [0.25, 0.3) is 0 Å². The van der Waals surface area contributed by atoms with Crippen molar-refractivity contribution in [3.8, 4) is 0 Å². The first-order chi connectivity index (χ1) is 10.4. The molecule has 0 bridgehead atoms. The highest BCUT2D eigenvalue weighted by Crippen LogP contribution is 2.42. The van der Waals surface area contributed by atoms with Crippen LogP contribution in [0.3, 0.4) is 0 Å². The number of hydrogen-bond acceptors (Lipinski definition) is 7. The van der Waals surface area contributed by atoms with Crippen LogP contribution in [0.4, 0.5) is 5.82 Å². The summed E-state index contributed by atoms with van der Waals surface area (Å²) in [6, 6.07) is 1.50. The normalized spacial score (nSPS) is 32.5. The Hall–Kier alpha value is -2.13. The van der Waals surface area contributed by atoms with Gasteiger partial charge in [-0.1, -0.05) is 5.11 Å². The second-order valence-electron chi connectivity index (χ2n) is 5.59. The molecule has 2 saturated heterocycles. The highest BCUT2D eigenvalue weighted by Gasteiger charge is 2.55. The van der Waals surface area contributed by atoms with Crippen LogP contribution in [-0.2, 0) is 14.2 Å². The van der Waals surface area contributed by atoms with Crippen LogP contribution in [0.1, 0.15) is 20.1 Å². The molecule has 22 heavy (non-hydrogen) atoms. The number of fused-ring (bicyclic) bond motifs is 1. The molecule has 10 heteroatoms. The molecule has 118 valence electrons. The van der Waals surface area contributed by atoms with Gasteiger partial charge in [-0.15, -0.1) is 0 Å². The van der Waals surface area contributed by atoms with Crippen molar-refractivity contribution in [2.24, 2.45) is 5.11 Å². The van der Waals surface area contributed by atoms with Crippen molar-refractivity contribution in [3.05, 3.63) is 33.2 Å². The van der Waals surface area contributed by atoms with E-state index >= 15 is 0 Å². The van der Waals surface area contributed by atoms with Gasteiger partial charge in [0.15, 0.2) is 12.0 Å². The van der Waals surface area contributed by atoms with Gasteiger partial charge in [0.1, 0.15) is 18.0 Å². The number of azide groups is 1. The minimum atomic E-state index is -0.809. The zero-order valence-electron chi connectivity index (χ0n) is 12.1. The van der Waals surface area contributed by atoms with Crippen molar-refractivity contribution in [1.82, 2.24) is 9.55 Å². The Balaban J connectivity index is 1.94. The van der Waals surface area contributed by atoms with Crippen LogP contribution < -0.4 is 11.4 Å². The molecule has 10 nitrogen and oxygen atoms in total. The number of nitrogens with two attached hydrogens (primary N) is 1. The van der Waals surface area contributed by atoms with Crippen molar-refractivity contribution in [3.63, 3.8) is 0 Å². The Bertz CT molecular complexity index is 682. The van der Waals surface area contributed by atoms with Gasteiger partial charge in [-0.3, -0.25) is 4.57 Å². The zero-order valence-corrected chi connectivity index (χ0v) is 12.1. The Kier molecular flexibility index (Phi) is 3.53. The number of nitrogens with zero attached hydrogens (tertiary/aromatic N) is 5. The van der Waals surface area contributed by atoms with Crippen LogP contribution in [0.25, 0.3) is 10.4 Å². The maximum absolute atomic E-state index is 12.0. The molecule has 2 aliphatic heterocycles. The van der Waals surface area contributed by atoms with E-state index in [-0.39, 0.29) is 12.4 Å². The minimum Gasteiger partial charge on any atom is -0.383 e.